The van der Waals surface area contributed by atoms with Crippen molar-refractivity contribution in [3.63, 3.8) is 0 Å². The lowest BCUT2D eigenvalue weighted by molar-refractivity contribution is 1.11. The van der Waals surface area contributed by atoms with E-state index in [-0.39, 0.29) is 0 Å². The van der Waals surface area contributed by atoms with Crippen molar-refractivity contribution in [2.75, 3.05) is 11.5 Å². The lowest BCUT2D eigenvalue weighted by Crippen LogP contribution is -1.71. The van der Waals surface area contributed by atoms with Gasteiger partial charge < -0.3 is 0 Å². The standard InChI is InChI=1S/C5H12S/c1-3-5-6-4-2/h3-5H2,1-2H3/i1D3. The van der Waals surface area contributed by atoms with Gasteiger partial charge in [0.1, 0.15) is 0 Å². The molecule has 6 heavy (non-hydrogen) atoms. The molecule has 0 heterocycles. The van der Waals surface area contributed by atoms with E-state index in [0.717, 1.165) is 11.5 Å². The topological polar surface area (TPSA) is 0 Å². The van der Waals surface area contributed by atoms with Crippen LogP contribution in [0.4, 0.5) is 0 Å². The lowest BCUT2D eigenvalue weighted by Gasteiger charge is -1.87. The fraction of sp³-hybridized carbons (Fsp3) is 1.00. The zero-order valence-corrected chi connectivity index (χ0v) is 4.85. The van der Waals surface area contributed by atoms with Crippen molar-refractivity contribution in [1.29, 1.82) is 0 Å². The normalized spacial score (nSPS) is 18.5. The van der Waals surface area contributed by atoms with E-state index in [0.29, 0.717) is 6.42 Å². The summed E-state index contributed by atoms with van der Waals surface area (Å²) in [5.74, 6) is 1.77. The molecule has 0 rings (SSSR count). The molecule has 0 aliphatic carbocycles. The van der Waals surface area contributed by atoms with E-state index in [9.17, 15) is 0 Å². The van der Waals surface area contributed by atoms with E-state index in [1.807, 2.05) is 6.92 Å². The number of thioether (sulfide) groups is 1. The molecule has 0 saturated heterocycles. The van der Waals surface area contributed by atoms with Gasteiger partial charge in [0, 0.05) is 4.11 Å². The summed E-state index contributed by atoms with van der Waals surface area (Å²) in [4.78, 5) is 0. The molecule has 1 heteroatoms. The maximum absolute atomic E-state index is 6.83. The summed E-state index contributed by atoms with van der Waals surface area (Å²) in [6.45, 7) is 0.312. The quantitative estimate of drug-likeness (QED) is 0.498. The lowest BCUT2D eigenvalue weighted by atomic mass is 10.6. The smallest absolute Gasteiger partial charge is 0.0231 e. The minimum atomic E-state index is -1.72. The molecule has 0 aromatic rings. The SMILES string of the molecule is [2H]C([2H])([2H])CCSCC. The average Bonchev–Trinajstić information content (AvgIpc) is 1.63. The predicted octanol–water partition coefficient (Wildman–Crippen LogP) is 2.15. The molecule has 0 fully saturated rings. The molecule has 0 atom stereocenters. The van der Waals surface area contributed by atoms with Crippen molar-refractivity contribution in [1.82, 2.24) is 0 Å². The van der Waals surface area contributed by atoms with E-state index in [4.69, 9.17) is 4.11 Å². The molecule has 38 valence electrons. The Morgan fingerprint density at radius 2 is 2.67 bits per heavy atom. The van der Waals surface area contributed by atoms with Gasteiger partial charge in [-0.3, -0.25) is 0 Å². The first-order valence-corrected chi connectivity index (χ1v) is 3.29. The molecule has 0 radical (unpaired) electrons. The summed E-state index contributed by atoms with van der Waals surface area (Å²) in [6.07, 6.45) is 0.339. The fourth-order valence-electron chi connectivity index (χ4n) is 0.217. The predicted molar refractivity (Wildman–Crippen MR) is 33.3 cm³/mol. The molecule has 0 unspecified atom stereocenters. The van der Waals surface area contributed by atoms with E-state index in [1.54, 1.807) is 11.8 Å². The monoisotopic (exact) mass is 107 g/mol. The Morgan fingerprint density at radius 1 is 1.83 bits per heavy atom. The molecular formula is C5H12S. The van der Waals surface area contributed by atoms with Crippen LogP contribution in [0, 0.1) is 0 Å². The third-order valence-corrected chi connectivity index (χ3v) is 1.35. The highest BCUT2D eigenvalue weighted by Gasteiger charge is 1.74. The van der Waals surface area contributed by atoms with Crippen LogP contribution >= 0.6 is 11.8 Å². The van der Waals surface area contributed by atoms with E-state index < -0.39 is 6.85 Å². The van der Waals surface area contributed by atoms with Crippen LogP contribution in [0.15, 0.2) is 0 Å². The third-order valence-electron chi connectivity index (χ3n) is 0.451. The van der Waals surface area contributed by atoms with Gasteiger partial charge in [0.05, 0.1) is 0 Å². The first-order valence-electron chi connectivity index (χ1n) is 3.64. The van der Waals surface area contributed by atoms with Gasteiger partial charge in [0.15, 0.2) is 0 Å². The summed E-state index contributed by atoms with van der Waals surface area (Å²) in [7, 11) is 0. The van der Waals surface area contributed by atoms with Crippen LogP contribution in [0.3, 0.4) is 0 Å². The number of hydrogen-bond donors (Lipinski definition) is 0. The molecule has 0 N–H and O–H groups in total. The largest absolute Gasteiger partial charge is 0.162 e. The highest BCUT2D eigenvalue weighted by molar-refractivity contribution is 7.99. The first kappa shape index (κ1) is 2.61. The zero-order chi connectivity index (χ0) is 7.33. The maximum Gasteiger partial charge on any atom is 0.0231 e. The Balaban J connectivity index is 3.07. The minimum Gasteiger partial charge on any atom is -0.162 e. The van der Waals surface area contributed by atoms with Gasteiger partial charge >= 0.3 is 0 Å². The molecule has 0 aliphatic heterocycles. The first-order chi connectivity index (χ1) is 4.06. The molecule has 0 aliphatic rings. The molecule has 0 bridgehead atoms. The Bertz CT molecular complexity index is 69.1. The van der Waals surface area contributed by atoms with Crippen molar-refractivity contribution in [3.05, 3.63) is 0 Å². The second kappa shape index (κ2) is 5.35. The summed E-state index contributed by atoms with van der Waals surface area (Å²) in [5.41, 5.74) is 0. The molecule has 0 aromatic heterocycles. The minimum absolute atomic E-state index is 0.339. The van der Waals surface area contributed by atoms with Crippen LogP contribution < -0.4 is 0 Å². The van der Waals surface area contributed by atoms with Gasteiger partial charge in [0.2, 0.25) is 0 Å². The van der Waals surface area contributed by atoms with Crippen molar-refractivity contribution >= 4 is 11.8 Å². The third kappa shape index (κ3) is 4.35. The second-order valence-corrected chi connectivity index (χ2v) is 2.34. The van der Waals surface area contributed by atoms with Crippen molar-refractivity contribution < 1.29 is 4.11 Å². The molecule has 0 saturated carbocycles. The van der Waals surface area contributed by atoms with Gasteiger partial charge in [0.25, 0.3) is 0 Å². The summed E-state index contributed by atoms with van der Waals surface area (Å²) < 4.78 is 20.5. The van der Waals surface area contributed by atoms with Crippen LogP contribution in [0.25, 0.3) is 0 Å². The number of rotatable bonds is 3. The van der Waals surface area contributed by atoms with Gasteiger partial charge in [-0.15, -0.1) is 0 Å². The molecular weight excluding hydrogens is 92.1 g/mol. The van der Waals surface area contributed by atoms with E-state index >= 15 is 0 Å². The number of hydrogen-bond acceptors (Lipinski definition) is 1. The van der Waals surface area contributed by atoms with Crippen LogP contribution in [-0.2, 0) is 0 Å². The zero-order valence-electron chi connectivity index (χ0n) is 7.03. The van der Waals surface area contributed by atoms with Gasteiger partial charge in [-0.2, -0.15) is 11.8 Å². The van der Waals surface area contributed by atoms with Gasteiger partial charge in [-0.1, -0.05) is 13.8 Å². The van der Waals surface area contributed by atoms with Crippen molar-refractivity contribution in [2.45, 2.75) is 20.2 Å². The van der Waals surface area contributed by atoms with Gasteiger partial charge in [-0.25, -0.2) is 0 Å². The molecule has 0 amide bonds. The fourth-order valence-corrected chi connectivity index (χ4v) is 0.650. The maximum atomic E-state index is 6.83. The Hall–Kier alpha value is 0.350. The molecule has 0 nitrogen and oxygen atoms in total. The summed E-state index contributed by atoms with van der Waals surface area (Å²) in [6, 6.07) is 0. The van der Waals surface area contributed by atoms with E-state index in [2.05, 4.69) is 0 Å². The average molecular weight is 107 g/mol. The Kier molecular flexibility index (Phi) is 2.32. The highest BCUT2D eigenvalue weighted by Crippen LogP contribution is 1.98. The van der Waals surface area contributed by atoms with Crippen LogP contribution in [0.2, 0.25) is 0 Å². The second-order valence-electron chi connectivity index (χ2n) is 0.947. The Morgan fingerprint density at radius 3 is 3.17 bits per heavy atom. The van der Waals surface area contributed by atoms with Gasteiger partial charge in [-0.05, 0) is 17.9 Å². The van der Waals surface area contributed by atoms with Crippen LogP contribution in [0.5, 0.6) is 0 Å². The summed E-state index contributed by atoms with van der Waals surface area (Å²) in [5, 5.41) is 0. The van der Waals surface area contributed by atoms with Crippen molar-refractivity contribution in [2.24, 2.45) is 0 Å². The Labute approximate surface area is 48.5 Å². The van der Waals surface area contributed by atoms with Crippen LogP contribution in [0.1, 0.15) is 24.3 Å². The molecule has 0 spiro atoms. The van der Waals surface area contributed by atoms with E-state index in [1.165, 1.54) is 0 Å². The van der Waals surface area contributed by atoms with Crippen LogP contribution in [-0.4, -0.2) is 11.5 Å². The van der Waals surface area contributed by atoms with Crippen molar-refractivity contribution in [3.8, 4) is 0 Å². The molecule has 0 aromatic carbocycles. The highest BCUT2D eigenvalue weighted by atomic mass is 32.2. The summed E-state index contributed by atoms with van der Waals surface area (Å²) >= 11 is 1.67.